The van der Waals surface area contributed by atoms with Crippen molar-refractivity contribution in [2.45, 2.75) is 31.1 Å². The number of aromatic nitrogens is 1. The molecule has 0 atom stereocenters. The Hall–Kier alpha value is 0.300. The van der Waals surface area contributed by atoms with Gasteiger partial charge in [-0.2, -0.15) is 0 Å². The van der Waals surface area contributed by atoms with Crippen molar-refractivity contribution >= 4 is 71.6 Å². The van der Waals surface area contributed by atoms with E-state index in [0.717, 1.165) is 10.6 Å². The van der Waals surface area contributed by atoms with Crippen LogP contribution in [-0.4, -0.2) is 12.0 Å². The molecule has 19 heavy (non-hydrogen) atoms. The van der Waals surface area contributed by atoms with Crippen LogP contribution in [0.4, 0.5) is 5.13 Å². The maximum Gasteiger partial charge on any atom is 0.183 e. The van der Waals surface area contributed by atoms with E-state index < -0.39 is 0 Å². The van der Waals surface area contributed by atoms with Gasteiger partial charge in [0.05, 0.1) is 21.3 Å². The van der Waals surface area contributed by atoms with Gasteiger partial charge in [-0.3, -0.25) is 0 Å². The number of nitrogens with one attached hydrogen (secondary N) is 1. The Labute approximate surface area is 139 Å². The van der Waals surface area contributed by atoms with Crippen LogP contribution >= 0.6 is 56.2 Å². The number of hydrogen-bond acceptors (Lipinski definition) is 6. The summed E-state index contributed by atoms with van der Waals surface area (Å²) in [4.78, 5) is 5.83. The molecule has 0 fully saturated rings. The highest BCUT2D eigenvalue weighted by Crippen LogP contribution is 2.43. The van der Waals surface area contributed by atoms with Gasteiger partial charge in [0.15, 0.2) is 5.13 Å². The summed E-state index contributed by atoms with van der Waals surface area (Å²) >= 11 is 4.96. The summed E-state index contributed by atoms with van der Waals surface area (Å²) < 4.78 is 6.28. The molecule has 1 aromatic heterocycles. The van der Waals surface area contributed by atoms with Gasteiger partial charge >= 0.3 is 0 Å². The molecule has 7 heteroatoms. The maximum absolute atomic E-state index is 5.08. The second-order valence-electron chi connectivity index (χ2n) is 5.05. The number of halogens is 1. The number of thiazole rings is 1. The minimum atomic E-state index is 0.0891. The molecular formula is C12H15IN2OS3. The van der Waals surface area contributed by atoms with Crippen molar-refractivity contribution in [1.82, 2.24) is 4.98 Å². The van der Waals surface area contributed by atoms with Crippen LogP contribution in [0.1, 0.15) is 26.3 Å². The first-order chi connectivity index (χ1) is 8.95. The normalized spacial score (nSPS) is 12.1. The SMILES string of the molecule is CNc1nc2cc(C(C)(C)C)c(SSOI)cc2s1. The van der Waals surface area contributed by atoms with Crippen LogP contribution in [0.3, 0.4) is 0 Å². The van der Waals surface area contributed by atoms with Crippen LogP contribution in [0, 0.1) is 0 Å². The predicted molar refractivity (Wildman–Crippen MR) is 96.4 cm³/mol. The minimum absolute atomic E-state index is 0.0891. The van der Waals surface area contributed by atoms with Gasteiger partial charge in [0.25, 0.3) is 0 Å². The number of rotatable bonds is 4. The van der Waals surface area contributed by atoms with Gasteiger partial charge in [-0.1, -0.05) is 32.1 Å². The van der Waals surface area contributed by atoms with Crippen LogP contribution < -0.4 is 5.32 Å². The Morgan fingerprint density at radius 2 is 2.11 bits per heavy atom. The van der Waals surface area contributed by atoms with E-state index in [0.29, 0.717) is 0 Å². The minimum Gasteiger partial charge on any atom is -0.365 e. The zero-order chi connectivity index (χ0) is 14.0. The fraction of sp³-hybridized carbons (Fsp3) is 0.417. The summed E-state index contributed by atoms with van der Waals surface area (Å²) in [5, 5.41) is 4.06. The highest BCUT2D eigenvalue weighted by atomic mass is 127. The molecule has 0 spiro atoms. The van der Waals surface area contributed by atoms with Gasteiger partial charge in [0.2, 0.25) is 0 Å². The van der Waals surface area contributed by atoms with Gasteiger partial charge in [-0.25, -0.2) is 7.50 Å². The topological polar surface area (TPSA) is 34.2 Å². The molecule has 0 aliphatic rings. The van der Waals surface area contributed by atoms with E-state index in [4.69, 9.17) is 2.51 Å². The lowest BCUT2D eigenvalue weighted by Gasteiger charge is -2.22. The third kappa shape index (κ3) is 3.69. The lowest BCUT2D eigenvalue weighted by molar-refractivity contribution is 0.579. The van der Waals surface area contributed by atoms with Crippen molar-refractivity contribution in [3.05, 3.63) is 17.7 Å². The molecule has 0 unspecified atom stereocenters. The van der Waals surface area contributed by atoms with Crippen molar-refractivity contribution in [1.29, 1.82) is 0 Å². The first-order valence-electron chi connectivity index (χ1n) is 5.70. The Kier molecular flexibility index (Phi) is 5.27. The average molecular weight is 426 g/mol. The number of benzene rings is 1. The molecule has 0 aliphatic carbocycles. The largest absolute Gasteiger partial charge is 0.365 e. The third-order valence-electron chi connectivity index (χ3n) is 2.66. The second-order valence-corrected chi connectivity index (χ2v) is 8.94. The van der Waals surface area contributed by atoms with Crippen LogP contribution in [-0.2, 0) is 7.93 Å². The molecule has 0 amide bonds. The van der Waals surface area contributed by atoms with E-state index in [9.17, 15) is 0 Å². The molecule has 1 N–H and O–H groups in total. The monoisotopic (exact) mass is 426 g/mol. The highest BCUT2D eigenvalue weighted by molar-refractivity contribution is 14.1. The molecule has 2 aromatic rings. The summed E-state index contributed by atoms with van der Waals surface area (Å²) in [5.41, 5.74) is 2.45. The Morgan fingerprint density at radius 3 is 2.68 bits per heavy atom. The van der Waals surface area contributed by atoms with Crippen molar-refractivity contribution in [3.63, 3.8) is 0 Å². The van der Waals surface area contributed by atoms with Crippen LogP contribution in [0.2, 0.25) is 0 Å². The first-order valence-corrected chi connectivity index (χ1v) is 9.47. The zero-order valence-corrected chi connectivity index (χ0v) is 15.7. The van der Waals surface area contributed by atoms with E-state index in [2.05, 4.69) is 43.2 Å². The molecule has 104 valence electrons. The molecule has 2 rings (SSSR count). The Bertz CT molecular complexity index is 580. The fourth-order valence-electron chi connectivity index (χ4n) is 1.77. The second kappa shape index (κ2) is 6.38. The molecule has 1 heterocycles. The summed E-state index contributed by atoms with van der Waals surface area (Å²) in [6, 6.07) is 4.41. The molecule has 1 aromatic carbocycles. The lowest BCUT2D eigenvalue weighted by Crippen LogP contribution is -2.12. The number of nitrogens with zero attached hydrogens (tertiary/aromatic N) is 1. The quantitative estimate of drug-likeness (QED) is 0.388. The molecule has 0 bridgehead atoms. The molecule has 0 saturated heterocycles. The van der Waals surface area contributed by atoms with Crippen LogP contribution in [0.25, 0.3) is 10.2 Å². The fourth-order valence-corrected chi connectivity index (χ4v) is 4.77. The maximum atomic E-state index is 5.08. The summed E-state index contributed by atoms with van der Waals surface area (Å²) in [7, 11) is 3.55. The van der Waals surface area contributed by atoms with Gasteiger partial charge in [0.1, 0.15) is 23.0 Å². The molecular weight excluding hydrogens is 411 g/mol. The molecule has 0 aliphatic heterocycles. The van der Waals surface area contributed by atoms with Gasteiger partial charge in [-0.15, -0.1) is 0 Å². The number of fused-ring (bicyclic) bond motifs is 1. The van der Waals surface area contributed by atoms with Crippen molar-refractivity contribution in [2.24, 2.45) is 0 Å². The first kappa shape index (κ1) is 15.7. The smallest absolute Gasteiger partial charge is 0.183 e. The van der Waals surface area contributed by atoms with Crippen LogP contribution in [0.15, 0.2) is 17.0 Å². The van der Waals surface area contributed by atoms with E-state index >= 15 is 0 Å². The predicted octanol–water partition coefficient (Wildman–Crippen LogP) is 5.66. The van der Waals surface area contributed by atoms with Crippen molar-refractivity contribution in [3.8, 4) is 0 Å². The van der Waals surface area contributed by atoms with Gasteiger partial charge < -0.3 is 5.32 Å². The summed E-state index contributed by atoms with van der Waals surface area (Å²) in [6.45, 7) is 6.66. The van der Waals surface area contributed by atoms with E-state index in [1.54, 1.807) is 22.1 Å². The Balaban J connectivity index is 2.54. The summed E-state index contributed by atoms with van der Waals surface area (Å²) in [5.74, 6) is 0. The highest BCUT2D eigenvalue weighted by Gasteiger charge is 2.20. The summed E-state index contributed by atoms with van der Waals surface area (Å²) in [6.07, 6.45) is 0. The van der Waals surface area contributed by atoms with E-state index in [1.165, 1.54) is 26.2 Å². The van der Waals surface area contributed by atoms with Crippen molar-refractivity contribution < 1.29 is 2.51 Å². The average Bonchev–Trinajstić information content (AvgIpc) is 2.75. The van der Waals surface area contributed by atoms with Gasteiger partial charge in [-0.05, 0) is 33.9 Å². The molecule has 0 radical (unpaired) electrons. The molecule has 3 nitrogen and oxygen atoms in total. The number of anilines is 1. The van der Waals surface area contributed by atoms with E-state index in [1.807, 2.05) is 30.1 Å². The zero-order valence-electron chi connectivity index (χ0n) is 11.1. The number of hydrogen-bond donors (Lipinski definition) is 1. The van der Waals surface area contributed by atoms with Crippen LogP contribution in [0.5, 0.6) is 0 Å². The van der Waals surface area contributed by atoms with E-state index in [-0.39, 0.29) is 5.41 Å². The standard InChI is InChI=1S/C12H15IN2OS3/c1-12(2,3)7-5-8-10(17-11(14-4)15-8)6-9(7)18-19-16-13/h5-6H,1-4H3,(H,14,15). The van der Waals surface area contributed by atoms with Gasteiger partial charge in [0, 0.05) is 11.9 Å². The Morgan fingerprint density at radius 1 is 1.37 bits per heavy atom. The lowest BCUT2D eigenvalue weighted by atomic mass is 9.87. The molecule has 0 saturated carbocycles. The third-order valence-corrected chi connectivity index (χ3v) is 6.55. The van der Waals surface area contributed by atoms with Crippen molar-refractivity contribution in [2.75, 3.05) is 12.4 Å².